The van der Waals surface area contributed by atoms with Gasteiger partial charge in [-0.2, -0.15) is 0 Å². The Balaban J connectivity index is 1.92. The molecular weight excluding hydrogens is 398 g/mol. The lowest BCUT2D eigenvalue weighted by Gasteiger charge is -2.36. The van der Waals surface area contributed by atoms with Crippen LogP contribution in [0.1, 0.15) is 45.8 Å². The number of fused-ring (bicyclic) bond motifs is 1. The summed E-state index contributed by atoms with van der Waals surface area (Å²) in [5, 5.41) is 13.7. The molecule has 8 nitrogen and oxygen atoms in total. The van der Waals surface area contributed by atoms with Crippen molar-refractivity contribution >= 4 is 22.8 Å². The lowest BCUT2D eigenvalue weighted by Crippen LogP contribution is -2.51. The van der Waals surface area contributed by atoms with Gasteiger partial charge in [0.15, 0.2) is 0 Å². The smallest absolute Gasteiger partial charge is 0.252 e. The number of furan rings is 1. The van der Waals surface area contributed by atoms with Crippen LogP contribution in [-0.4, -0.2) is 35.1 Å². The monoisotopic (exact) mass is 423 g/mol. The second-order valence-corrected chi connectivity index (χ2v) is 7.91. The van der Waals surface area contributed by atoms with E-state index >= 15 is 0 Å². The molecule has 1 unspecified atom stereocenters. The number of hydrogen-bond acceptors (Lipinski definition) is 6. The number of nitrogens with one attached hydrogen (secondary N) is 1. The number of pyridine rings is 1. The zero-order valence-corrected chi connectivity index (χ0v) is 17.5. The first-order valence-corrected chi connectivity index (χ1v) is 10.2. The quantitative estimate of drug-likeness (QED) is 0.558. The molecular formula is C23H25N3O5. The Morgan fingerprint density at radius 2 is 2.13 bits per heavy atom. The first kappa shape index (κ1) is 20.9. The Labute approximate surface area is 179 Å². The molecule has 1 aliphatic heterocycles. The maximum atomic E-state index is 13.1. The lowest BCUT2D eigenvalue weighted by atomic mass is 9.72. The number of rotatable bonds is 6. The molecule has 1 aromatic carbocycles. The summed E-state index contributed by atoms with van der Waals surface area (Å²) in [5.74, 6) is -0.234. The molecule has 4 N–H and O–H groups in total. The highest BCUT2D eigenvalue weighted by molar-refractivity contribution is 6.10. The number of carbonyl (C=O) groups is 2. The summed E-state index contributed by atoms with van der Waals surface area (Å²) in [6.45, 7) is 3.83. The van der Waals surface area contributed by atoms with Crippen molar-refractivity contribution in [1.29, 1.82) is 0 Å². The Kier molecular flexibility index (Phi) is 5.41. The number of nitrogens with zero attached hydrogens (tertiary/aromatic N) is 1. The molecule has 2 aromatic heterocycles. The van der Waals surface area contributed by atoms with Gasteiger partial charge in [0.2, 0.25) is 5.91 Å². The van der Waals surface area contributed by atoms with Crippen molar-refractivity contribution in [3.63, 3.8) is 0 Å². The Hall–Kier alpha value is -3.39. The number of ether oxygens (including phenoxy) is 1. The van der Waals surface area contributed by atoms with E-state index in [4.69, 9.17) is 14.9 Å². The van der Waals surface area contributed by atoms with E-state index in [2.05, 4.69) is 10.3 Å². The molecule has 0 spiro atoms. The second-order valence-electron chi connectivity index (χ2n) is 7.91. The van der Waals surface area contributed by atoms with E-state index in [1.807, 2.05) is 19.1 Å². The van der Waals surface area contributed by atoms with Crippen molar-refractivity contribution in [2.45, 2.75) is 38.7 Å². The van der Waals surface area contributed by atoms with Crippen LogP contribution in [0.5, 0.6) is 5.75 Å². The standard InChI is InChI=1S/C23H25N3O5/c1-13-4-5-15(10-26-13)11-30-17-7-6-16-19(18(21(24)28)14(2)31-16)20(17)23(12-27)8-3-9-25-22(23)29/h4-7,10,27H,3,8-9,11-12H2,1-2H3,(H2,24,28)(H,25,29). The van der Waals surface area contributed by atoms with Gasteiger partial charge in [-0.1, -0.05) is 6.07 Å². The Morgan fingerprint density at radius 3 is 2.77 bits per heavy atom. The summed E-state index contributed by atoms with van der Waals surface area (Å²) in [7, 11) is 0. The van der Waals surface area contributed by atoms with E-state index in [1.165, 1.54) is 0 Å². The third-order valence-corrected chi connectivity index (χ3v) is 5.86. The molecule has 0 radical (unpaired) electrons. The summed E-state index contributed by atoms with van der Waals surface area (Å²) in [4.78, 5) is 29.6. The highest BCUT2D eigenvalue weighted by Gasteiger charge is 2.46. The number of aromatic nitrogens is 1. The van der Waals surface area contributed by atoms with Crippen molar-refractivity contribution in [3.05, 3.63) is 58.6 Å². The topological polar surface area (TPSA) is 128 Å². The number of hydrogen-bond donors (Lipinski definition) is 3. The van der Waals surface area contributed by atoms with Crippen molar-refractivity contribution in [2.24, 2.45) is 5.73 Å². The average Bonchev–Trinajstić information content (AvgIpc) is 3.09. The number of primary amides is 1. The van der Waals surface area contributed by atoms with E-state index in [9.17, 15) is 14.7 Å². The van der Waals surface area contributed by atoms with E-state index in [0.29, 0.717) is 47.4 Å². The number of benzene rings is 1. The van der Waals surface area contributed by atoms with Crippen LogP contribution in [0.3, 0.4) is 0 Å². The summed E-state index contributed by atoms with van der Waals surface area (Å²) < 4.78 is 11.9. The summed E-state index contributed by atoms with van der Waals surface area (Å²) in [6, 6.07) is 7.18. The van der Waals surface area contributed by atoms with E-state index in [0.717, 1.165) is 11.3 Å². The third kappa shape index (κ3) is 3.53. The van der Waals surface area contributed by atoms with Gasteiger partial charge in [0.05, 0.1) is 12.2 Å². The molecule has 2 amide bonds. The summed E-state index contributed by atoms with van der Waals surface area (Å²) >= 11 is 0. The zero-order valence-electron chi connectivity index (χ0n) is 17.5. The Bertz CT molecular complexity index is 1150. The fraction of sp³-hybridized carbons (Fsp3) is 0.348. The number of aliphatic hydroxyl groups excluding tert-OH is 1. The predicted octanol–water partition coefficient (Wildman–Crippen LogP) is 2.26. The minimum Gasteiger partial charge on any atom is -0.488 e. The van der Waals surface area contributed by atoms with Crippen LogP contribution in [0.2, 0.25) is 0 Å². The van der Waals surface area contributed by atoms with Crippen molar-refractivity contribution in [2.75, 3.05) is 13.2 Å². The number of amides is 2. The van der Waals surface area contributed by atoms with Gasteiger partial charge in [-0.15, -0.1) is 0 Å². The summed E-state index contributed by atoms with van der Waals surface area (Å²) in [6.07, 6.45) is 2.80. The van der Waals surface area contributed by atoms with E-state index in [1.54, 1.807) is 25.3 Å². The van der Waals surface area contributed by atoms with Crippen LogP contribution >= 0.6 is 0 Å². The van der Waals surface area contributed by atoms with Crippen LogP contribution in [0.15, 0.2) is 34.9 Å². The molecule has 3 heterocycles. The largest absolute Gasteiger partial charge is 0.488 e. The zero-order chi connectivity index (χ0) is 22.2. The maximum Gasteiger partial charge on any atom is 0.252 e. The normalized spacial score (nSPS) is 18.7. The summed E-state index contributed by atoms with van der Waals surface area (Å²) in [5.41, 5.74) is 7.16. The van der Waals surface area contributed by atoms with Gasteiger partial charge in [-0.05, 0) is 44.9 Å². The molecule has 1 fully saturated rings. The van der Waals surface area contributed by atoms with Gasteiger partial charge in [0.25, 0.3) is 5.91 Å². The SMILES string of the molecule is Cc1ccc(COc2ccc3oc(C)c(C(N)=O)c3c2C2(CO)CCCNC2=O)cn1. The molecule has 3 aromatic rings. The predicted molar refractivity (Wildman–Crippen MR) is 114 cm³/mol. The molecule has 0 bridgehead atoms. The molecule has 1 saturated heterocycles. The van der Waals surface area contributed by atoms with Gasteiger partial charge in [0.1, 0.15) is 29.1 Å². The lowest BCUT2D eigenvalue weighted by molar-refractivity contribution is -0.130. The number of carbonyl (C=O) groups excluding carboxylic acids is 2. The number of piperidine rings is 1. The van der Waals surface area contributed by atoms with Gasteiger partial charge in [0, 0.05) is 34.9 Å². The minimum atomic E-state index is -1.28. The molecule has 1 aliphatic rings. The number of nitrogens with two attached hydrogens (primary N) is 1. The van der Waals surface area contributed by atoms with Crippen LogP contribution in [-0.2, 0) is 16.8 Å². The van der Waals surface area contributed by atoms with Crippen LogP contribution in [0.4, 0.5) is 0 Å². The molecule has 0 aliphatic carbocycles. The van der Waals surface area contributed by atoms with Crippen LogP contribution in [0, 0.1) is 13.8 Å². The Morgan fingerprint density at radius 1 is 1.32 bits per heavy atom. The van der Waals surface area contributed by atoms with Gasteiger partial charge >= 0.3 is 0 Å². The van der Waals surface area contributed by atoms with Gasteiger partial charge in [-0.25, -0.2) is 0 Å². The maximum absolute atomic E-state index is 13.1. The van der Waals surface area contributed by atoms with Gasteiger partial charge < -0.3 is 25.3 Å². The average molecular weight is 423 g/mol. The van der Waals surface area contributed by atoms with Crippen molar-refractivity contribution < 1.29 is 23.8 Å². The van der Waals surface area contributed by atoms with Crippen LogP contribution < -0.4 is 15.8 Å². The number of aryl methyl sites for hydroxylation is 2. The highest BCUT2D eigenvalue weighted by Crippen LogP contribution is 2.45. The molecule has 162 valence electrons. The van der Waals surface area contributed by atoms with Crippen molar-refractivity contribution in [3.8, 4) is 5.75 Å². The fourth-order valence-electron chi connectivity index (χ4n) is 4.27. The fourth-order valence-corrected chi connectivity index (χ4v) is 4.27. The molecule has 4 rings (SSSR count). The minimum absolute atomic E-state index is 0.193. The first-order chi connectivity index (χ1) is 14.9. The first-order valence-electron chi connectivity index (χ1n) is 10.2. The van der Waals surface area contributed by atoms with Crippen LogP contribution in [0.25, 0.3) is 11.0 Å². The molecule has 31 heavy (non-hydrogen) atoms. The molecule has 0 saturated carbocycles. The second kappa shape index (κ2) is 8.03. The van der Waals surface area contributed by atoms with E-state index < -0.39 is 17.9 Å². The number of aliphatic hydroxyl groups is 1. The van der Waals surface area contributed by atoms with Crippen molar-refractivity contribution in [1.82, 2.24) is 10.3 Å². The highest BCUT2D eigenvalue weighted by atomic mass is 16.5. The van der Waals surface area contributed by atoms with E-state index in [-0.39, 0.29) is 18.1 Å². The third-order valence-electron chi connectivity index (χ3n) is 5.86. The molecule has 1 atom stereocenters. The van der Waals surface area contributed by atoms with Gasteiger partial charge in [-0.3, -0.25) is 14.6 Å². The molecule has 8 heteroatoms.